The molecule has 0 unspecified atom stereocenters. The van der Waals surface area contributed by atoms with Gasteiger partial charge in [-0.2, -0.15) is 0 Å². The van der Waals surface area contributed by atoms with E-state index in [0.29, 0.717) is 17.2 Å². The topological polar surface area (TPSA) is 97.9 Å². The van der Waals surface area contributed by atoms with Crippen LogP contribution in [0.15, 0.2) is 59.8 Å². The van der Waals surface area contributed by atoms with Crippen molar-refractivity contribution in [1.29, 1.82) is 0 Å². The monoisotopic (exact) mass is 407 g/mol. The second-order valence-corrected chi connectivity index (χ2v) is 7.25. The predicted molar refractivity (Wildman–Crippen MR) is 114 cm³/mol. The fourth-order valence-electron chi connectivity index (χ4n) is 3.42. The van der Waals surface area contributed by atoms with Crippen LogP contribution in [0, 0.1) is 0 Å². The number of piperazine rings is 1. The highest BCUT2D eigenvalue weighted by Gasteiger charge is 2.20. The first-order chi connectivity index (χ1) is 14.7. The Morgan fingerprint density at radius 2 is 1.73 bits per heavy atom. The summed E-state index contributed by atoms with van der Waals surface area (Å²) in [5, 5.41) is 18.1. The molecule has 0 radical (unpaired) electrons. The van der Waals surface area contributed by atoms with E-state index in [2.05, 4.69) is 26.3 Å². The van der Waals surface area contributed by atoms with Gasteiger partial charge in [-0.05, 0) is 17.7 Å². The van der Waals surface area contributed by atoms with Gasteiger partial charge in [-0.25, -0.2) is 9.97 Å². The molecule has 0 aliphatic carbocycles. The first-order valence-corrected chi connectivity index (χ1v) is 9.84. The Balaban J connectivity index is 1.31. The second kappa shape index (κ2) is 9.08. The van der Waals surface area contributed by atoms with E-state index in [4.69, 9.17) is 14.7 Å². The van der Waals surface area contributed by atoms with Crippen LogP contribution < -0.4 is 10.4 Å². The third kappa shape index (κ3) is 4.51. The van der Waals surface area contributed by atoms with Crippen molar-refractivity contribution in [3.05, 3.63) is 72.3 Å². The van der Waals surface area contributed by atoms with Crippen molar-refractivity contribution < 1.29 is 14.7 Å². The Labute approximate surface area is 175 Å². The molecule has 1 aliphatic rings. The highest BCUT2D eigenvalue weighted by Crippen LogP contribution is 2.24. The van der Waals surface area contributed by atoms with E-state index in [1.54, 1.807) is 12.4 Å². The third-order valence-corrected chi connectivity index (χ3v) is 5.24. The molecule has 3 N–H and O–H groups in total. The lowest BCUT2D eigenvalue weighted by Gasteiger charge is -2.34. The Morgan fingerprint density at radius 1 is 1.03 bits per heavy atom. The van der Waals surface area contributed by atoms with Gasteiger partial charge in [0.25, 0.3) is 0 Å². The highest BCUT2D eigenvalue weighted by atomic mass is 16.5. The summed E-state index contributed by atoms with van der Waals surface area (Å²) in [6.45, 7) is 7.91. The number of anilines is 1. The number of rotatable bonds is 7. The number of aliphatic hydroxyl groups excluding tert-OH is 1. The summed E-state index contributed by atoms with van der Waals surface area (Å²) in [5.41, 5.74) is 4.92. The van der Waals surface area contributed by atoms with Crippen molar-refractivity contribution in [1.82, 2.24) is 20.3 Å². The molecule has 2 aromatic heterocycles. The molecular weight excluding hydrogens is 382 g/mol. The molecule has 8 nitrogen and oxygen atoms in total. The summed E-state index contributed by atoms with van der Waals surface area (Å²) >= 11 is 0. The van der Waals surface area contributed by atoms with Crippen molar-refractivity contribution in [3.8, 4) is 11.3 Å². The van der Waals surface area contributed by atoms with E-state index >= 15 is 0 Å². The van der Waals surface area contributed by atoms with E-state index in [9.17, 15) is 0 Å². The molecule has 156 valence electrons. The van der Waals surface area contributed by atoms with E-state index < -0.39 is 0 Å². The SMILES string of the molecule is C=C(NO)c1cnc(N2CCN(Cc3ccc(-c4ccc(CO)cc4)o3)CC2)nc1. The molecule has 1 aliphatic heterocycles. The molecule has 1 fully saturated rings. The number of nitrogens with zero attached hydrogens (tertiary/aromatic N) is 4. The van der Waals surface area contributed by atoms with Crippen LogP contribution in [0.2, 0.25) is 0 Å². The molecule has 3 aromatic rings. The second-order valence-electron chi connectivity index (χ2n) is 7.25. The Morgan fingerprint density at radius 3 is 2.37 bits per heavy atom. The maximum atomic E-state index is 9.17. The van der Waals surface area contributed by atoms with Crippen molar-refractivity contribution >= 4 is 11.6 Å². The van der Waals surface area contributed by atoms with Gasteiger partial charge in [0.15, 0.2) is 0 Å². The first-order valence-electron chi connectivity index (χ1n) is 9.84. The van der Waals surface area contributed by atoms with E-state index in [0.717, 1.165) is 55.4 Å². The minimum absolute atomic E-state index is 0.0417. The maximum absolute atomic E-state index is 9.17. The smallest absolute Gasteiger partial charge is 0.225 e. The fourth-order valence-corrected chi connectivity index (χ4v) is 3.42. The standard InChI is InChI=1S/C22H25N5O3/c1-16(25-29)19-12-23-22(24-13-19)27-10-8-26(9-11-27)14-20-6-7-21(30-20)18-4-2-17(15-28)3-5-18/h2-7,12-13,25,28-29H,1,8-11,14-15H2. The molecule has 0 amide bonds. The number of aromatic nitrogens is 2. The van der Waals surface area contributed by atoms with Gasteiger partial charge in [-0.3, -0.25) is 15.6 Å². The Bertz CT molecular complexity index is 977. The van der Waals surface area contributed by atoms with Crippen LogP contribution in [0.1, 0.15) is 16.9 Å². The molecule has 1 saturated heterocycles. The van der Waals surface area contributed by atoms with Crippen LogP contribution >= 0.6 is 0 Å². The summed E-state index contributed by atoms with van der Waals surface area (Å²) in [7, 11) is 0. The predicted octanol–water partition coefficient (Wildman–Crippen LogP) is 2.50. The molecule has 30 heavy (non-hydrogen) atoms. The quantitative estimate of drug-likeness (QED) is 0.514. The molecule has 0 saturated carbocycles. The van der Waals surface area contributed by atoms with Crippen LogP contribution in [-0.4, -0.2) is 51.4 Å². The first kappa shape index (κ1) is 20.1. The third-order valence-electron chi connectivity index (χ3n) is 5.24. The number of hydrogen-bond acceptors (Lipinski definition) is 8. The van der Waals surface area contributed by atoms with Gasteiger partial charge < -0.3 is 14.4 Å². The largest absolute Gasteiger partial charge is 0.460 e. The molecule has 1 aromatic carbocycles. The molecular formula is C22H25N5O3. The van der Waals surface area contributed by atoms with Crippen molar-refractivity contribution in [2.75, 3.05) is 31.1 Å². The zero-order valence-corrected chi connectivity index (χ0v) is 16.7. The fraction of sp³-hybridized carbons (Fsp3) is 0.273. The number of hydrogen-bond donors (Lipinski definition) is 3. The van der Waals surface area contributed by atoms with Gasteiger partial charge in [0.1, 0.15) is 11.5 Å². The van der Waals surface area contributed by atoms with Gasteiger partial charge in [0.2, 0.25) is 5.95 Å². The van der Waals surface area contributed by atoms with Crippen molar-refractivity contribution in [3.63, 3.8) is 0 Å². The van der Waals surface area contributed by atoms with Crippen LogP contribution in [0.5, 0.6) is 0 Å². The molecule has 0 bridgehead atoms. The molecule has 3 heterocycles. The summed E-state index contributed by atoms with van der Waals surface area (Å²) in [6, 6.07) is 11.7. The van der Waals surface area contributed by atoms with Crippen LogP contribution in [-0.2, 0) is 13.2 Å². The van der Waals surface area contributed by atoms with Gasteiger partial charge in [-0.1, -0.05) is 30.8 Å². The minimum atomic E-state index is 0.0417. The van der Waals surface area contributed by atoms with Crippen LogP contribution in [0.25, 0.3) is 17.0 Å². The molecule has 8 heteroatoms. The molecule has 0 atom stereocenters. The average molecular weight is 407 g/mol. The van der Waals surface area contributed by atoms with Gasteiger partial charge in [0.05, 0.1) is 18.8 Å². The number of benzene rings is 1. The number of nitrogens with one attached hydrogen (secondary N) is 1. The lowest BCUT2D eigenvalue weighted by atomic mass is 10.1. The molecule has 4 rings (SSSR count). The molecule has 0 spiro atoms. The number of aliphatic hydroxyl groups is 1. The number of hydroxylamine groups is 1. The lowest BCUT2D eigenvalue weighted by Crippen LogP contribution is -2.46. The summed E-state index contributed by atoms with van der Waals surface area (Å²) in [4.78, 5) is 13.3. The Hall–Kier alpha value is -3.20. The van der Waals surface area contributed by atoms with Crippen LogP contribution in [0.4, 0.5) is 5.95 Å². The van der Waals surface area contributed by atoms with Crippen molar-refractivity contribution in [2.45, 2.75) is 13.2 Å². The summed E-state index contributed by atoms with van der Waals surface area (Å²) < 4.78 is 6.03. The average Bonchev–Trinajstić information content (AvgIpc) is 3.27. The zero-order chi connectivity index (χ0) is 20.9. The lowest BCUT2D eigenvalue weighted by molar-refractivity contribution is 0.225. The van der Waals surface area contributed by atoms with Gasteiger partial charge in [-0.15, -0.1) is 0 Å². The van der Waals surface area contributed by atoms with Crippen molar-refractivity contribution in [2.24, 2.45) is 0 Å². The van der Waals surface area contributed by atoms with E-state index in [1.165, 1.54) is 0 Å². The summed E-state index contributed by atoms with van der Waals surface area (Å²) in [5.74, 6) is 2.44. The highest BCUT2D eigenvalue weighted by molar-refractivity contribution is 5.59. The maximum Gasteiger partial charge on any atom is 0.225 e. The van der Waals surface area contributed by atoms with Gasteiger partial charge in [0, 0.05) is 49.7 Å². The summed E-state index contributed by atoms with van der Waals surface area (Å²) in [6.07, 6.45) is 3.30. The normalized spacial score (nSPS) is 14.7. The van der Waals surface area contributed by atoms with E-state index in [-0.39, 0.29) is 6.61 Å². The minimum Gasteiger partial charge on any atom is -0.460 e. The van der Waals surface area contributed by atoms with Crippen LogP contribution in [0.3, 0.4) is 0 Å². The van der Waals surface area contributed by atoms with Gasteiger partial charge >= 0.3 is 0 Å². The van der Waals surface area contributed by atoms with E-state index in [1.807, 2.05) is 41.9 Å². The Kier molecular flexibility index (Phi) is 6.08. The number of furan rings is 1. The zero-order valence-electron chi connectivity index (χ0n) is 16.7.